The van der Waals surface area contributed by atoms with Gasteiger partial charge in [0.2, 0.25) is 0 Å². The molecule has 0 N–H and O–H groups in total. The molecule has 0 aromatic heterocycles. The highest BCUT2D eigenvalue weighted by molar-refractivity contribution is 8.72. The number of nitro groups is 1. The van der Waals surface area contributed by atoms with E-state index in [9.17, 15) is 10.1 Å². The van der Waals surface area contributed by atoms with Gasteiger partial charge in [-0.15, -0.1) is 0 Å². The van der Waals surface area contributed by atoms with Crippen molar-refractivity contribution >= 4 is 26.5 Å². The Balaban J connectivity index is 1.60. The Morgan fingerprint density at radius 3 is 3.00 bits per heavy atom. The average Bonchev–Trinajstić information content (AvgIpc) is 3.00. The second-order valence-electron chi connectivity index (χ2n) is 5.82. The highest BCUT2D eigenvalue weighted by Gasteiger charge is 2.28. The minimum absolute atomic E-state index is 0.0154. The van der Waals surface area contributed by atoms with Crippen LogP contribution in [0.5, 0.6) is 0 Å². The molecule has 10 heteroatoms. The fourth-order valence-electron chi connectivity index (χ4n) is 2.91. The maximum absolute atomic E-state index is 10.7. The lowest BCUT2D eigenvalue weighted by atomic mass is 10.0. The van der Waals surface area contributed by atoms with Crippen molar-refractivity contribution in [1.29, 1.82) is 0 Å². The van der Waals surface area contributed by atoms with Crippen molar-refractivity contribution in [3.8, 4) is 0 Å². The molecule has 1 atom stereocenters. The molecule has 1 saturated carbocycles. The molecule has 23 heavy (non-hydrogen) atoms. The SMILES string of the molecule is CN1COCN(CC2=CN=S(C3CCCCC3)S2)C1=N[N+](=O)[O-]. The standard InChI is InChI=1S/C13H21N5O3S2/c1-16-9-21-10-17(13(16)15-18(19)20)8-11-7-14-23(22-11)12-5-3-2-4-6-12/h7,12H,2-6,8-10H2,1H3. The molecule has 2 aliphatic heterocycles. The van der Waals surface area contributed by atoms with Crippen LogP contribution in [0.15, 0.2) is 20.6 Å². The van der Waals surface area contributed by atoms with Gasteiger partial charge in [-0.25, -0.2) is 14.5 Å². The van der Waals surface area contributed by atoms with Gasteiger partial charge in [-0.1, -0.05) is 19.3 Å². The molecule has 2 fully saturated rings. The van der Waals surface area contributed by atoms with E-state index in [0.717, 1.165) is 4.91 Å². The van der Waals surface area contributed by atoms with Gasteiger partial charge in [0, 0.05) is 23.4 Å². The van der Waals surface area contributed by atoms with E-state index < -0.39 is 5.03 Å². The van der Waals surface area contributed by atoms with Gasteiger partial charge in [-0.05, 0) is 33.4 Å². The first-order valence-electron chi connectivity index (χ1n) is 7.72. The van der Waals surface area contributed by atoms with Crippen LogP contribution in [0.25, 0.3) is 0 Å². The smallest absolute Gasteiger partial charge is 0.277 e. The van der Waals surface area contributed by atoms with Crippen molar-refractivity contribution in [2.75, 3.05) is 27.1 Å². The van der Waals surface area contributed by atoms with Crippen molar-refractivity contribution in [3.05, 3.63) is 21.2 Å². The van der Waals surface area contributed by atoms with Crippen LogP contribution >= 0.6 is 10.8 Å². The van der Waals surface area contributed by atoms with E-state index >= 15 is 0 Å². The Labute approximate surface area is 141 Å². The molecule has 3 aliphatic rings. The summed E-state index contributed by atoms with van der Waals surface area (Å²) in [5, 5.41) is 14.3. The van der Waals surface area contributed by atoms with Gasteiger partial charge in [0.25, 0.3) is 5.96 Å². The first-order chi connectivity index (χ1) is 11.1. The van der Waals surface area contributed by atoms with Gasteiger partial charge in [0.05, 0.1) is 6.54 Å². The fraction of sp³-hybridized carbons (Fsp3) is 0.769. The van der Waals surface area contributed by atoms with Crippen LogP contribution < -0.4 is 0 Å². The van der Waals surface area contributed by atoms with Crippen LogP contribution in [0, 0.1) is 10.1 Å². The van der Waals surface area contributed by atoms with Crippen LogP contribution in [0.4, 0.5) is 0 Å². The molecular formula is C13H21N5O3S2. The Morgan fingerprint density at radius 1 is 1.48 bits per heavy atom. The molecule has 128 valence electrons. The van der Waals surface area contributed by atoms with Gasteiger partial charge in [0.1, 0.15) is 18.6 Å². The summed E-state index contributed by atoms with van der Waals surface area (Å²) < 4.78 is 10.1. The normalized spacial score (nSPS) is 28.0. The number of ether oxygens (including phenoxy) is 1. The van der Waals surface area contributed by atoms with Crippen LogP contribution in [0.3, 0.4) is 0 Å². The summed E-state index contributed by atoms with van der Waals surface area (Å²) in [4.78, 5) is 15.3. The first-order valence-corrected chi connectivity index (χ1v) is 10.3. The first kappa shape index (κ1) is 16.7. The van der Waals surface area contributed by atoms with Gasteiger partial charge in [-0.2, -0.15) is 0 Å². The van der Waals surface area contributed by atoms with E-state index in [-0.39, 0.29) is 9.72 Å². The van der Waals surface area contributed by atoms with Crippen molar-refractivity contribution in [1.82, 2.24) is 9.80 Å². The summed E-state index contributed by atoms with van der Waals surface area (Å²) >= 11 is 0. The number of rotatable bonds is 4. The number of guanidine groups is 1. The van der Waals surface area contributed by atoms with Crippen LogP contribution in [0.2, 0.25) is 0 Å². The number of hydrogen-bond acceptors (Lipinski definition) is 5. The van der Waals surface area contributed by atoms with E-state index in [1.165, 1.54) is 32.1 Å². The lowest BCUT2D eigenvalue weighted by molar-refractivity contribution is -0.486. The molecular weight excluding hydrogens is 338 g/mol. The maximum atomic E-state index is 10.7. The third-order valence-electron chi connectivity index (χ3n) is 4.00. The third kappa shape index (κ3) is 4.24. The minimum atomic E-state index is -0.655. The molecule has 8 nitrogen and oxygen atoms in total. The summed E-state index contributed by atoms with van der Waals surface area (Å²) in [5.41, 5.74) is 0. The van der Waals surface area contributed by atoms with Crippen LogP contribution in [-0.4, -0.2) is 53.1 Å². The quantitative estimate of drug-likeness (QED) is 0.435. The van der Waals surface area contributed by atoms with E-state index in [0.29, 0.717) is 31.2 Å². The molecule has 2 heterocycles. The lowest BCUT2D eigenvalue weighted by Crippen LogP contribution is -2.50. The lowest BCUT2D eigenvalue weighted by Gasteiger charge is -2.34. The van der Waals surface area contributed by atoms with Crippen molar-refractivity contribution < 1.29 is 9.77 Å². The summed E-state index contributed by atoms with van der Waals surface area (Å²) in [6.07, 6.45) is 8.43. The molecule has 3 rings (SSSR count). The van der Waals surface area contributed by atoms with Crippen molar-refractivity contribution in [2.45, 2.75) is 37.4 Å². The van der Waals surface area contributed by atoms with Crippen molar-refractivity contribution in [3.63, 3.8) is 0 Å². The summed E-state index contributed by atoms with van der Waals surface area (Å²) in [7, 11) is 3.57. The molecule has 0 radical (unpaired) electrons. The van der Waals surface area contributed by atoms with Gasteiger partial charge in [-0.3, -0.25) is 0 Å². The van der Waals surface area contributed by atoms with Crippen molar-refractivity contribution in [2.24, 2.45) is 9.46 Å². The van der Waals surface area contributed by atoms with Gasteiger partial charge < -0.3 is 14.5 Å². The number of hydrogen-bond donors (Lipinski definition) is 0. The van der Waals surface area contributed by atoms with Gasteiger partial charge >= 0.3 is 0 Å². The zero-order chi connectivity index (χ0) is 16.2. The predicted octanol–water partition coefficient (Wildman–Crippen LogP) is 2.35. The Kier molecular flexibility index (Phi) is 5.54. The van der Waals surface area contributed by atoms with E-state index in [1.807, 2.05) is 17.0 Å². The number of nitrogens with zero attached hydrogens (tertiary/aromatic N) is 5. The topological polar surface area (TPSA) is 83.6 Å². The zero-order valence-corrected chi connectivity index (χ0v) is 14.7. The molecule has 0 spiro atoms. The summed E-state index contributed by atoms with van der Waals surface area (Å²) in [6.45, 7) is 1.18. The molecule has 0 bridgehead atoms. The highest BCUT2D eigenvalue weighted by Crippen LogP contribution is 2.37. The Bertz CT molecular complexity index is 560. The van der Waals surface area contributed by atoms with E-state index in [4.69, 9.17) is 4.74 Å². The molecule has 0 aromatic carbocycles. The second-order valence-corrected chi connectivity index (χ2v) is 9.46. The minimum Gasteiger partial charge on any atom is -0.341 e. The fourth-order valence-corrected chi connectivity index (χ4v) is 7.01. The Hall–Kier alpha value is -1.13. The summed E-state index contributed by atoms with van der Waals surface area (Å²) in [5.74, 6) is 0.340. The maximum Gasteiger partial charge on any atom is 0.277 e. The zero-order valence-electron chi connectivity index (χ0n) is 13.1. The molecule has 0 aromatic rings. The molecule has 0 amide bonds. The highest BCUT2D eigenvalue weighted by atomic mass is 33.1. The second kappa shape index (κ2) is 7.63. The summed E-state index contributed by atoms with van der Waals surface area (Å²) in [6, 6.07) is 0. The molecule has 1 unspecified atom stereocenters. The average molecular weight is 359 g/mol. The largest absolute Gasteiger partial charge is 0.341 e. The van der Waals surface area contributed by atoms with E-state index in [1.54, 1.807) is 16.8 Å². The third-order valence-corrected chi connectivity index (χ3v) is 8.21. The van der Waals surface area contributed by atoms with Crippen LogP contribution in [-0.2, 0) is 14.5 Å². The molecule has 1 aliphatic carbocycles. The Morgan fingerprint density at radius 2 is 2.26 bits per heavy atom. The van der Waals surface area contributed by atoms with Gasteiger partial charge in [0.15, 0.2) is 5.03 Å². The van der Waals surface area contributed by atoms with E-state index in [2.05, 4.69) is 9.46 Å². The number of hydrazone groups is 1. The monoisotopic (exact) mass is 359 g/mol. The molecule has 1 saturated heterocycles. The predicted molar refractivity (Wildman–Crippen MR) is 92.1 cm³/mol. The van der Waals surface area contributed by atoms with Crippen LogP contribution in [0.1, 0.15) is 32.1 Å².